The van der Waals surface area contributed by atoms with E-state index in [1.54, 1.807) is 0 Å². The second-order valence-corrected chi connectivity index (χ2v) is 3.11. The molecule has 6 nitrogen and oxygen atoms in total. The van der Waals surface area contributed by atoms with Crippen LogP contribution in [0.2, 0.25) is 0 Å². The van der Waals surface area contributed by atoms with Gasteiger partial charge < -0.3 is 21.1 Å². The van der Waals surface area contributed by atoms with E-state index in [0.29, 0.717) is 0 Å². The molecule has 1 aromatic rings. The molecule has 0 aliphatic heterocycles. The average molecular weight is 212 g/mol. The van der Waals surface area contributed by atoms with E-state index in [4.69, 9.17) is 15.9 Å². The first kappa shape index (κ1) is 11.4. The van der Waals surface area contributed by atoms with Crippen molar-refractivity contribution < 1.29 is 20.1 Å². The lowest BCUT2D eigenvalue weighted by atomic mass is 10.0. The average Bonchev–Trinajstić information content (AvgIpc) is 2.20. The molecule has 1 heterocycles. The third-order valence-electron chi connectivity index (χ3n) is 2.11. The van der Waals surface area contributed by atoms with Crippen molar-refractivity contribution in [2.75, 3.05) is 0 Å². The van der Waals surface area contributed by atoms with Crippen LogP contribution in [0.1, 0.15) is 22.9 Å². The summed E-state index contributed by atoms with van der Waals surface area (Å²) in [5.41, 5.74) is 5.89. The van der Waals surface area contributed by atoms with Crippen molar-refractivity contribution in [2.24, 2.45) is 5.73 Å². The Morgan fingerprint density at radius 1 is 1.67 bits per heavy atom. The molecule has 0 radical (unpaired) electrons. The number of pyridine rings is 1. The van der Waals surface area contributed by atoms with Gasteiger partial charge in [-0.15, -0.1) is 0 Å². The van der Waals surface area contributed by atoms with Gasteiger partial charge in [-0.1, -0.05) is 0 Å². The highest BCUT2D eigenvalue weighted by atomic mass is 16.4. The fraction of sp³-hybridized carbons (Fsp3) is 0.333. The lowest BCUT2D eigenvalue weighted by Crippen LogP contribution is -2.22. The summed E-state index contributed by atoms with van der Waals surface area (Å²) < 4.78 is 0. The number of aryl methyl sites for hydroxylation is 1. The van der Waals surface area contributed by atoms with E-state index in [-0.39, 0.29) is 22.6 Å². The van der Waals surface area contributed by atoms with E-state index in [0.717, 1.165) is 0 Å². The summed E-state index contributed by atoms with van der Waals surface area (Å²) >= 11 is 0. The van der Waals surface area contributed by atoms with Gasteiger partial charge in [0.1, 0.15) is 11.8 Å². The SMILES string of the molecule is Cc1ncc(CO)c([C@@H](N)C(=O)O)c1O. The van der Waals surface area contributed by atoms with Crippen molar-refractivity contribution in [1.82, 2.24) is 4.98 Å². The minimum atomic E-state index is -1.37. The first-order valence-corrected chi connectivity index (χ1v) is 4.25. The standard InChI is InChI=1S/C9H12N2O4/c1-4-8(13)6(7(10)9(14)15)5(3-12)2-11-4/h2,7,12-13H,3,10H2,1H3,(H,14,15)/t7-/m1/s1. The van der Waals surface area contributed by atoms with Crippen LogP contribution in [0.25, 0.3) is 0 Å². The van der Waals surface area contributed by atoms with E-state index < -0.39 is 18.6 Å². The van der Waals surface area contributed by atoms with Crippen molar-refractivity contribution in [3.8, 4) is 5.75 Å². The van der Waals surface area contributed by atoms with E-state index in [2.05, 4.69) is 4.98 Å². The Bertz CT molecular complexity index is 392. The van der Waals surface area contributed by atoms with Crippen molar-refractivity contribution in [3.63, 3.8) is 0 Å². The van der Waals surface area contributed by atoms with Crippen LogP contribution in [0.15, 0.2) is 6.20 Å². The van der Waals surface area contributed by atoms with Crippen LogP contribution >= 0.6 is 0 Å². The number of carbonyl (C=O) groups is 1. The molecule has 0 bridgehead atoms. The van der Waals surface area contributed by atoms with E-state index in [9.17, 15) is 9.90 Å². The molecule has 6 heteroatoms. The van der Waals surface area contributed by atoms with Gasteiger partial charge >= 0.3 is 5.97 Å². The Kier molecular flexibility index (Phi) is 3.23. The number of hydrogen-bond donors (Lipinski definition) is 4. The lowest BCUT2D eigenvalue weighted by molar-refractivity contribution is -0.138. The number of rotatable bonds is 3. The molecule has 1 aromatic heterocycles. The summed E-state index contributed by atoms with van der Waals surface area (Å²) in [7, 11) is 0. The molecule has 0 amide bonds. The van der Waals surface area contributed by atoms with Crippen LogP contribution in [0.4, 0.5) is 0 Å². The minimum Gasteiger partial charge on any atom is -0.506 e. The first-order chi connectivity index (χ1) is 6.99. The summed E-state index contributed by atoms with van der Waals surface area (Å²) in [6.07, 6.45) is 1.30. The number of aliphatic carboxylic acids is 1. The molecule has 0 saturated heterocycles. The van der Waals surface area contributed by atoms with Gasteiger partial charge in [0.2, 0.25) is 0 Å². The molecule has 0 saturated carbocycles. The predicted molar refractivity (Wildman–Crippen MR) is 51.1 cm³/mol. The zero-order chi connectivity index (χ0) is 11.6. The third-order valence-corrected chi connectivity index (χ3v) is 2.11. The van der Waals surface area contributed by atoms with E-state index in [1.807, 2.05) is 0 Å². The first-order valence-electron chi connectivity index (χ1n) is 4.25. The second-order valence-electron chi connectivity index (χ2n) is 3.11. The number of aliphatic hydroxyl groups excluding tert-OH is 1. The molecule has 82 valence electrons. The molecule has 0 aromatic carbocycles. The van der Waals surface area contributed by atoms with Crippen molar-refractivity contribution >= 4 is 5.97 Å². The number of aliphatic hydroxyl groups is 1. The minimum absolute atomic E-state index is 0.0116. The van der Waals surface area contributed by atoms with Crippen LogP contribution in [0.5, 0.6) is 5.75 Å². The van der Waals surface area contributed by atoms with Crippen LogP contribution in [0, 0.1) is 6.92 Å². The third kappa shape index (κ3) is 2.05. The highest BCUT2D eigenvalue weighted by molar-refractivity contribution is 5.77. The second kappa shape index (κ2) is 4.24. The molecule has 0 aliphatic carbocycles. The number of nitrogens with zero attached hydrogens (tertiary/aromatic N) is 1. The molecule has 5 N–H and O–H groups in total. The maximum atomic E-state index is 10.7. The maximum Gasteiger partial charge on any atom is 0.325 e. The smallest absolute Gasteiger partial charge is 0.325 e. The van der Waals surface area contributed by atoms with E-state index >= 15 is 0 Å². The predicted octanol–water partition coefficient (Wildman–Crippen LogP) is -0.328. The highest BCUT2D eigenvalue weighted by Gasteiger charge is 2.23. The zero-order valence-corrected chi connectivity index (χ0v) is 8.14. The van der Waals surface area contributed by atoms with Crippen molar-refractivity contribution in [1.29, 1.82) is 0 Å². The molecule has 0 spiro atoms. The zero-order valence-electron chi connectivity index (χ0n) is 8.14. The van der Waals surface area contributed by atoms with Gasteiger partial charge in [0.25, 0.3) is 0 Å². The number of nitrogens with two attached hydrogens (primary N) is 1. The van der Waals surface area contributed by atoms with Gasteiger partial charge in [0, 0.05) is 17.3 Å². The monoisotopic (exact) mass is 212 g/mol. The van der Waals surface area contributed by atoms with Crippen molar-refractivity contribution in [3.05, 3.63) is 23.0 Å². The summed E-state index contributed by atoms with van der Waals surface area (Å²) in [6.45, 7) is 1.10. The van der Waals surface area contributed by atoms with Gasteiger partial charge in [0.15, 0.2) is 0 Å². The summed E-state index contributed by atoms with van der Waals surface area (Å²) in [4.78, 5) is 14.5. The molecule has 15 heavy (non-hydrogen) atoms. The fourth-order valence-electron chi connectivity index (χ4n) is 1.25. The molecule has 0 aliphatic rings. The summed E-state index contributed by atoms with van der Waals surface area (Å²) in [5.74, 6) is -1.55. The maximum absolute atomic E-state index is 10.7. The Hall–Kier alpha value is -1.66. The Labute approximate surface area is 86.0 Å². The van der Waals surface area contributed by atoms with Crippen LogP contribution < -0.4 is 5.73 Å². The molecular formula is C9H12N2O4. The van der Waals surface area contributed by atoms with Gasteiger partial charge in [-0.25, -0.2) is 0 Å². The van der Waals surface area contributed by atoms with Crippen molar-refractivity contribution in [2.45, 2.75) is 19.6 Å². The number of aromatic nitrogens is 1. The molecule has 0 fully saturated rings. The Morgan fingerprint density at radius 2 is 2.27 bits per heavy atom. The lowest BCUT2D eigenvalue weighted by Gasteiger charge is -2.14. The normalized spacial score (nSPS) is 12.5. The topological polar surface area (TPSA) is 117 Å². The molecular weight excluding hydrogens is 200 g/mol. The van der Waals surface area contributed by atoms with Crippen LogP contribution in [-0.4, -0.2) is 26.3 Å². The van der Waals surface area contributed by atoms with Crippen LogP contribution in [-0.2, 0) is 11.4 Å². The largest absolute Gasteiger partial charge is 0.506 e. The number of aromatic hydroxyl groups is 1. The fourth-order valence-corrected chi connectivity index (χ4v) is 1.25. The van der Waals surface area contributed by atoms with Gasteiger partial charge in [-0.2, -0.15) is 0 Å². The van der Waals surface area contributed by atoms with Gasteiger partial charge in [0.05, 0.1) is 12.3 Å². The van der Waals surface area contributed by atoms with E-state index in [1.165, 1.54) is 13.1 Å². The van der Waals surface area contributed by atoms with Gasteiger partial charge in [-0.3, -0.25) is 9.78 Å². The number of carboxylic acid groups (broad SMARTS) is 1. The summed E-state index contributed by atoms with van der Waals surface area (Å²) in [6, 6.07) is -1.37. The van der Waals surface area contributed by atoms with Gasteiger partial charge in [-0.05, 0) is 6.92 Å². The van der Waals surface area contributed by atoms with Crippen LogP contribution in [0.3, 0.4) is 0 Å². The molecule has 1 rings (SSSR count). The molecule has 0 unspecified atom stereocenters. The highest BCUT2D eigenvalue weighted by Crippen LogP contribution is 2.28. The molecule has 1 atom stereocenters. The number of carboxylic acids is 1. The quantitative estimate of drug-likeness (QED) is 0.545. The Morgan fingerprint density at radius 3 is 2.73 bits per heavy atom. The Balaban J connectivity index is 3.35. The summed E-state index contributed by atoms with van der Waals surface area (Å²) in [5, 5.41) is 27.3. The number of hydrogen-bond acceptors (Lipinski definition) is 5.